The Balaban J connectivity index is 1.59. The number of thioether (sulfide) groups is 1. The second-order valence-electron chi connectivity index (χ2n) is 8.64. The molecular formula is C25H26F4N6O3S. The SMILES string of the molecule is CNC(=O)c1cnc(OCC#Cc2oc3c(N[C@@H]4CCN(C)C[C@@H]4F)cccc3c2SC(F)(F)F)c(NC)n1. The van der Waals surface area contributed by atoms with Crippen molar-refractivity contribution < 1.29 is 31.5 Å². The van der Waals surface area contributed by atoms with Gasteiger partial charge in [0, 0.05) is 32.6 Å². The van der Waals surface area contributed by atoms with Crippen LogP contribution < -0.4 is 20.7 Å². The van der Waals surface area contributed by atoms with Crippen LogP contribution in [0.5, 0.6) is 5.88 Å². The largest absolute Gasteiger partial charge is 0.462 e. The number of aromatic nitrogens is 2. The molecule has 3 N–H and O–H groups in total. The van der Waals surface area contributed by atoms with Gasteiger partial charge in [0.05, 0.1) is 22.8 Å². The van der Waals surface area contributed by atoms with E-state index in [1.807, 2.05) is 11.9 Å². The van der Waals surface area contributed by atoms with E-state index in [0.717, 1.165) is 0 Å². The Morgan fingerprint density at radius 1 is 1.33 bits per heavy atom. The second-order valence-corrected chi connectivity index (χ2v) is 9.71. The Morgan fingerprint density at radius 2 is 2.13 bits per heavy atom. The number of hydrogen-bond donors (Lipinski definition) is 3. The third kappa shape index (κ3) is 6.85. The van der Waals surface area contributed by atoms with Crippen molar-refractivity contribution >= 4 is 40.1 Å². The lowest BCUT2D eigenvalue weighted by molar-refractivity contribution is -0.0328. The number of anilines is 2. The summed E-state index contributed by atoms with van der Waals surface area (Å²) in [6, 6.07) is 4.23. The average molecular weight is 567 g/mol. The zero-order chi connectivity index (χ0) is 28.2. The molecule has 4 rings (SSSR count). The van der Waals surface area contributed by atoms with Gasteiger partial charge in [-0.2, -0.15) is 13.2 Å². The van der Waals surface area contributed by atoms with Crippen molar-refractivity contribution in [3.8, 4) is 17.7 Å². The van der Waals surface area contributed by atoms with Crippen LogP contribution in [-0.2, 0) is 0 Å². The van der Waals surface area contributed by atoms with Gasteiger partial charge in [0.25, 0.3) is 11.8 Å². The summed E-state index contributed by atoms with van der Waals surface area (Å²) in [6.07, 6.45) is 0.607. The van der Waals surface area contributed by atoms with Crippen molar-refractivity contribution in [2.75, 3.05) is 51.5 Å². The first-order valence-electron chi connectivity index (χ1n) is 11.9. The Hall–Kier alpha value is -3.70. The first kappa shape index (κ1) is 28.3. The summed E-state index contributed by atoms with van der Waals surface area (Å²) in [5.74, 6) is 4.87. The van der Waals surface area contributed by atoms with Crippen molar-refractivity contribution in [3.05, 3.63) is 35.9 Å². The lowest BCUT2D eigenvalue weighted by atomic mass is 10.0. The number of hydrogen-bond acceptors (Lipinski definition) is 9. The fourth-order valence-electron chi connectivity index (χ4n) is 4.03. The van der Waals surface area contributed by atoms with Gasteiger partial charge in [-0.25, -0.2) is 14.4 Å². The molecule has 0 spiro atoms. The van der Waals surface area contributed by atoms with E-state index in [9.17, 15) is 22.4 Å². The van der Waals surface area contributed by atoms with E-state index in [2.05, 4.69) is 37.8 Å². The highest BCUT2D eigenvalue weighted by molar-refractivity contribution is 8.00. The molecule has 208 valence electrons. The number of carbonyl (C=O) groups is 1. The zero-order valence-corrected chi connectivity index (χ0v) is 22.1. The highest BCUT2D eigenvalue weighted by atomic mass is 32.2. The number of alkyl halides is 4. The van der Waals surface area contributed by atoms with Crippen LogP contribution in [0.25, 0.3) is 11.0 Å². The van der Waals surface area contributed by atoms with Crippen molar-refractivity contribution in [1.29, 1.82) is 0 Å². The molecule has 0 bridgehead atoms. The van der Waals surface area contributed by atoms with Crippen LogP contribution in [-0.4, -0.2) is 79.3 Å². The standard InChI is InChI=1S/C25H26F4N6O3S/c1-30-22-24(32-12-18(34-22)23(36)31-2)37-11-5-8-19-21(39-25(27,28)29)14-6-4-7-17(20(14)38-19)33-16-9-10-35(3)13-15(16)26/h4,6-7,12,15-16,33H,9-11,13H2,1-3H3,(H,30,34)(H,31,36)/t15-,16+/m0/s1. The molecule has 9 nitrogen and oxygen atoms in total. The molecule has 3 aromatic rings. The summed E-state index contributed by atoms with van der Waals surface area (Å²) in [5, 5.41) is 8.52. The second kappa shape index (κ2) is 12.0. The Bertz CT molecular complexity index is 1400. The third-order valence-corrected chi connectivity index (χ3v) is 6.73. The number of amides is 1. The van der Waals surface area contributed by atoms with Gasteiger partial charge in [0.2, 0.25) is 0 Å². The molecule has 2 aromatic heterocycles. The van der Waals surface area contributed by atoms with Crippen LogP contribution >= 0.6 is 11.8 Å². The summed E-state index contributed by atoms with van der Waals surface area (Å²) < 4.78 is 66.2. The minimum absolute atomic E-state index is 0.0549. The van der Waals surface area contributed by atoms with Crippen LogP contribution in [0.2, 0.25) is 0 Å². The van der Waals surface area contributed by atoms with Gasteiger partial charge in [-0.3, -0.25) is 4.79 Å². The fraction of sp³-hybridized carbons (Fsp3) is 0.400. The van der Waals surface area contributed by atoms with E-state index in [1.165, 1.54) is 19.3 Å². The number of likely N-dealkylation sites (tertiary alicyclic amines) is 1. The van der Waals surface area contributed by atoms with Gasteiger partial charge in [0.15, 0.2) is 23.8 Å². The summed E-state index contributed by atoms with van der Waals surface area (Å²) in [4.78, 5) is 21.6. The number of halogens is 4. The molecule has 0 saturated carbocycles. The molecule has 1 saturated heterocycles. The van der Waals surface area contributed by atoms with Crippen molar-refractivity contribution in [3.63, 3.8) is 0 Å². The smallest absolute Gasteiger partial charge is 0.446 e. The van der Waals surface area contributed by atoms with E-state index in [4.69, 9.17) is 9.15 Å². The Kier molecular flexibility index (Phi) is 8.71. The van der Waals surface area contributed by atoms with Crippen LogP contribution in [0.3, 0.4) is 0 Å². The normalized spacial score (nSPS) is 17.8. The molecule has 1 amide bonds. The topological polar surface area (TPSA) is 105 Å². The third-order valence-electron chi connectivity index (χ3n) is 5.89. The average Bonchev–Trinajstić information content (AvgIpc) is 3.24. The van der Waals surface area contributed by atoms with Gasteiger partial charge in [-0.05, 0) is 43.3 Å². The molecule has 14 heteroatoms. The van der Waals surface area contributed by atoms with Crippen LogP contribution in [0.1, 0.15) is 22.7 Å². The molecule has 1 aliphatic heterocycles. The lowest BCUT2D eigenvalue weighted by Crippen LogP contribution is -2.46. The predicted molar refractivity (Wildman–Crippen MR) is 140 cm³/mol. The lowest BCUT2D eigenvalue weighted by Gasteiger charge is -2.33. The van der Waals surface area contributed by atoms with Crippen LogP contribution in [0.4, 0.5) is 29.1 Å². The van der Waals surface area contributed by atoms with Gasteiger partial charge >= 0.3 is 5.51 Å². The van der Waals surface area contributed by atoms with Crippen molar-refractivity contribution in [2.45, 2.75) is 29.0 Å². The number of piperidine rings is 1. The highest BCUT2D eigenvalue weighted by Crippen LogP contribution is 2.45. The first-order valence-corrected chi connectivity index (χ1v) is 12.7. The van der Waals surface area contributed by atoms with E-state index in [-0.39, 0.29) is 63.9 Å². The molecular weight excluding hydrogens is 540 g/mol. The number of nitrogens with one attached hydrogen (secondary N) is 3. The minimum Gasteiger partial charge on any atom is -0.462 e. The molecule has 2 atom stereocenters. The zero-order valence-electron chi connectivity index (χ0n) is 21.3. The van der Waals surface area contributed by atoms with E-state index in [1.54, 1.807) is 19.2 Å². The number of rotatable bonds is 7. The summed E-state index contributed by atoms with van der Waals surface area (Å²) in [5.41, 5.74) is -3.97. The fourth-order valence-corrected chi connectivity index (χ4v) is 4.72. The number of benzene rings is 1. The number of nitrogens with zero attached hydrogens (tertiary/aromatic N) is 3. The van der Waals surface area contributed by atoms with E-state index >= 15 is 0 Å². The molecule has 1 aromatic carbocycles. The monoisotopic (exact) mass is 566 g/mol. The summed E-state index contributed by atoms with van der Waals surface area (Å²) >= 11 is -0.330. The van der Waals surface area contributed by atoms with Crippen LogP contribution in [0, 0.1) is 11.8 Å². The van der Waals surface area contributed by atoms with Gasteiger partial charge in [0.1, 0.15) is 11.9 Å². The number of ether oxygens (including phenoxy) is 1. The minimum atomic E-state index is -4.59. The van der Waals surface area contributed by atoms with Crippen molar-refractivity contribution in [2.24, 2.45) is 0 Å². The summed E-state index contributed by atoms with van der Waals surface area (Å²) in [6.45, 7) is 0.693. The highest BCUT2D eigenvalue weighted by Gasteiger charge is 2.34. The predicted octanol–water partition coefficient (Wildman–Crippen LogP) is 4.12. The molecule has 0 aliphatic carbocycles. The quantitative estimate of drug-likeness (QED) is 0.221. The van der Waals surface area contributed by atoms with Crippen LogP contribution in [0.15, 0.2) is 33.7 Å². The van der Waals surface area contributed by atoms with E-state index < -0.39 is 23.6 Å². The molecule has 3 heterocycles. The Morgan fingerprint density at radius 3 is 2.82 bits per heavy atom. The van der Waals surface area contributed by atoms with Crippen molar-refractivity contribution in [1.82, 2.24) is 20.2 Å². The maximum absolute atomic E-state index is 14.6. The molecule has 1 aliphatic rings. The molecule has 0 radical (unpaired) electrons. The van der Waals surface area contributed by atoms with Gasteiger partial charge in [-0.15, -0.1) is 0 Å². The van der Waals surface area contributed by atoms with Gasteiger partial charge in [-0.1, -0.05) is 12.0 Å². The van der Waals surface area contributed by atoms with Gasteiger partial charge < -0.3 is 30.0 Å². The number of fused-ring (bicyclic) bond motifs is 1. The number of para-hydroxylation sites is 1. The number of furan rings is 1. The Labute approximate surface area is 226 Å². The molecule has 1 fully saturated rings. The maximum Gasteiger partial charge on any atom is 0.446 e. The number of carbonyl (C=O) groups excluding carboxylic acids is 1. The molecule has 39 heavy (non-hydrogen) atoms. The van der Waals surface area contributed by atoms with E-state index in [0.29, 0.717) is 18.7 Å². The molecule has 0 unspecified atom stereocenters. The first-order chi connectivity index (χ1) is 18.6. The maximum atomic E-state index is 14.6. The summed E-state index contributed by atoms with van der Waals surface area (Å²) in [7, 11) is 4.85.